The number of nitrogens with zero attached hydrogens (tertiary/aromatic N) is 2. The lowest BCUT2D eigenvalue weighted by molar-refractivity contribution is 0.443. The van der Waals surface area contributed by atoms with E-state index in [2.05, 4.69) is 240 Å². The summed E-state index contributed by atoms with van der Waals surface area (Å²) in [6.07, 6.45) is 13.2. The largest absolute Gasteiger partial charge is 0.310 e. The van der Waals surface area contributed by atoms with Crippen LogP contribution in [0.5, 0.6) is 0 Å². The first-order valence-electron chi connectivity index (χ1n) is 27.1. The molecule has 0 saturated heterocycles. The smallest absolute Gasteiger partial charge is 0.0727 e. The third kappa shape index (κ3) is 7.36. The number of para-hydroxylation sites is 1. The molecule has 73 heavy (non-hydrogen) atoms. The Morgan fingerprint density at radius 3 is 1.25 bits per heavy atom. The molecule has 0 N–H and O–H groups in total. The van der Waals surface area contributed by atoms with Gasteiger partial charge in [-0.1, -0.05) is 196 Å². The average molecular weight is 941 g/mol. The topological polar surface area (TPSA) is 6.48 Å². The van der Waals surface area contributed by atoms with E-state index in [1.807, 2.05) is 0 Å². The lowest BCUT2D eigenvalue weighted by Gasteiger charge is -2.34. The fourth-order valence-corrected chi connectivity index (χ4v) is 13.8. The second kappa shape index (κ2) is 18.3. The first kappa shape index (κ1) is 43.8. The number of hydrogen-bond donors (Lipinski definition) is 0. The lowest BCUT2D eigenvalue weighted by Crippen LogP contribution is -2.26. The van der Waals surface area contributed by atoms with Crippen molar-refractivity contribution in [1.29, 1.82) is 0 Å². The Labute approximate surface area is 431 Å². The van der Waals surface area contributed by atoms with Gasteiger partial charge in [-0.15, -0.1) is 0 Å². The maximum atomic E-state index is 2.56. The van der Waals surface area contributed by atoms with Crippen LogP contribution in [-0.2, 0) is 5.41 Å². The normalized spacial score (nSPS) is 17.0. The van der Waals surface area contributed by atoms with Crippen LogP contribution in [-0.4, -0.2) is 0 Å². The minimum absolute atomic E-state index is 0.570. The second-order valence-corrected chi connectivity index (χ2v) is 21.2. The summed E-state index contributed by atoms with van der Waals surface area (Å²) in [5.41, 5.74) is 22.3. The maximum Gasteiger partial charge on any atom is 0.0727 e. The minimum atomic E-state index is -0.570. The molecule has 10 aromatic rings. The highest BCUT2D eigenvalue weighted by Crippen LogP contribution is 2.64. The van der Waals surface area contributed by atoms with E-state index in [1.54, 1.807) is 0 Å². The van der Waals surface area contributed by atoms with Gasteiger partial charge in [-0.3, -0.25) is 0 Å². The van der Waals surface area contributed by atoms with Crippen molar-refractivity contribution >= 4 is 44.9 Å². The maximum absolute atomic E-state index is 2.56. The van der Waals surface area contributed by atoms with Crippen molar-refractivity contribution in [3.63, 3.8) is 0 Å². The van der Waals surface area contributed by atoms with Gasteiger partial charge in [0, 0.05) is 34.0 Å². The van der Waals surface area contributed by atoms with Crippen LogP contribution in [0.3, 0.4) is 0 Å². The third-order valence-corrected chi connectivity index (χ3v) is 17.2. The van der Waals surface area contributed by atoms with E-state index < -0.39 is 5.41 Å². The molecule has 0 aliphatic heterocycles. The molecule has 14 rings (SSSR count). The zero-order chi connectivity index (χ0) is 48.3. The highest BCUT2D eigenvalue weighted by Gasteiger charge is 2.52. The first-order chi connectivity index (χ1) is 36.2. The van der Waals surface area contributed by atoms with Gasteiger partial charge in [-0.05, 0) is 182 Å². The van der Waals surface area contributed by atoms with Gasteiger partial charge in [0.1, 0.15) is 0 Å². The van der Waals surface area contributed by atoms with Crippen molar-refractivity contribution in [3.05, 3.63) is 264 Å². The monoisotopic (exact) mass is 940 g/mol. The summed E-state index contributed by atoms with van der Waals surface area (Å²) in [5.74, 6) is 1.28. The predicted molar refractivity (Wildman–Crippen MR) is 307 cm³/mol. The standard InChI is InChI=1S/C71H60N2/c1-5-19-49(20-6-1)51-33-37-57(38-34-51)72(56-27-11-4-12-28-56)59-41-43-63-61-29-15-17-31-66(61)71(68(63)47-59)67-32-18-16-30-62(67)64-44-42-60(48-69(64)71)73(58-39-35-52(36-40-58)50-21-7-2-8-22-50)70-46-55-26-14-13-25-54(55)45-65(70)53-23-9-3-10-24-53/h3-4,9-18,23-50H,1-2,5-8,19-22H2. The van der Waals surface area contributed by atoms with Crippen molar-refractivity contribution in [2.24, 2.45) is 0 Å². The third-order valence-electron chi connectivity index (χ3n) is 17.2. The van der Waals surface area contributed by atoms with Crippen LogP contribution in [0.2, 0.25) is 0 Å². The highest BCUT2D eigenvalue weighted by molar-refractivity contribution is 6.01. The van der Waals surface area contributed by atoms with Crippen molar-refractivity contribution in [1.82, 2.24) is 0 Å². The summed E-state index contributed by atoms with van der Waals surface area (Å²) in [6.45, 7) is 0. The molecule has 10 aromatic carbocycles. The van der Waals surface area contributed by atoms with E-state index in [0.717, 1.165) is 17.1 Å². The molecule has 0 bridgehead atoms. The number of benzene rings is 10. The quantitative estimate of drug-likeness (QED) is 0.142. The average Bonchev–Trinajstić information content (AvgIpc) is 3.93. The van der Waals surface area contributed by atoms with E-state index in [1.165, 1.54) is 159 Å². The summed E-state index contributed by atoms with van der Waals surface area (Å²) in [6, 6.07) is 88.0. The molecule has 0 radical (unpaired) electrons. The molecule has 2 heteroatoms. The molecule has 0 heterocycles. The van der Waals surface area contributed by atoms with Gasteiger partial charge in [0.05, 0.1) is 11.1 Å². The van der Waals surface area contributed by atoms with Crippen molar-refractivity contribution in [2.75, 3.05) is 9.80 Å². The Morgan fingerprint density at radius 2 is 0.699 bits per heavy atom. The van der Waals surface area contributed by atoms with Gasteiger partial charge < -0.3 is 9.80 Å². The number of anilines is 6. The molecular formula is C71H60N2. The van der Waals surface area contributed by atoms with Gasteiger partial charge in [0.15, 0.2) is 0 Å². The number of hydrogen-bond acceptors (Lipinski definition) is 2. The van der Waals surface area contributed by atoms with E-state index >= 15 is 0 Å². The van der Waals surface area contributed by atoms with Crippen LogP contribution in [0.25, 0.3) is 44.2 Å². The zero-order valence-electron chi connectivity index (χ0n) is 41.6. The minimum Gasteiger partial charge on any atom is -0.310 e. The molecule has 4 aliphatic rings. The second-order valence-electron chi connectivity index (χ2n) is 21.2. The van der Waals surface area contributed by atoms with Gasteiger partial charge in [-0.25, -0.2) is 0 Å². The van der Waals surface area contributed by atoms with Gasteiger partial charge in [0.2, 0.25) is 0 Å². The molecule has 2 fully saturated rings. The van der Waals surface area contributed by atoms with E-state index in [-0.39, 0.29) is 0 Å². The van der Waals surface area contributed by atoms with Gasteiger partial charge in [-0.2, -0.15) is 0 Å². The summed E-state index contributed by atoms with van der Waals surface area (Å²) >= 11 is 0. The van der Waals surface area contributed by atoms with E-state index in [9.17, 15) is 0 Å². The van der Waals surface area contributed by atoms with Crippen LogP contribution in [0.1, 0.15) is 109 Å². The Bertz CT molecular complexity index is 3620. The lowest BCUT2D eigenvalue weighted by atomic mass is 9.70. The van der Waals surface area contributed by atoms with E-state index in [0.29, 0.717) is 11.8 Å². The zero-order valence-corrected chi connectivity index (χ0v) is 41.6. The Kier molecular flexibility index (Phi) is 11.0. The number of fused-ring (bicyclic) bond motifs is 11. The van der Waals surface area contributed by atoms with Crippen molar-refractivity contribution < 1.29 is 0 Å². The molecule has 1 atom stereocenters. The molecular weight excluding hydrogens is 881 g/mol. The molecule has 1 spiro atoms. The van der Waals surface area contributed by atoms with Crippen LogP contribution < -0.4 is 9.80 Å². The van der Waals surface area contributed by atoms with Crippen LogP contribution >= 0.6 is 0 Å². The van der Waals surface area contributed by atoms with Crippen LogP contribution in [0.4, 0.5) is 34.1 Å². The van der Waals surface area contributed by atoms with Crippen LogP contribution in [0, 0.1) is 0 Å². The van der Waals surface area contributed by atoms with E-state index in [4.69, 9.17) is 0 Å². The highest BCUT2D eigenvalue weighted by atomic mass is 15.1. The number of rotatable bonds is 9. The molecule has 0 aromatic heterocycles. The van der Waals surface area contributed by atoms with Crippen molar-refractivity contribution in [2.45, 2.75) is 81.5 Å². The first-order valence-corrected chi connectivity index (χ1v) is 27.1. The predicted octanol–water partition coefficient (Wildman–Crippen LogP) is 19.9. The van der Waals surface area contributed by atoms with Gasteiger partial charge >= 0.3 is 0 Å². The molecule has 354 valence electrons. The molecule has 0 amide bonds. The fourth-order valence-electron chi connectivity index (χ4n) is 13.8. The molecule has 2 nitrogen and oxygen atoms in total. The Hall–Kier alpha value is -7.94. The summed E-state index contributed by atoms with van der Waals surface area (Å²) in [4.78, 5) is 5.03. The molecule has 1 unspecified atom stereocenters. The Balaban J connectivity index is 0.986. The van der Waals surface area contributed by atoms with Crippen molar-refractivity contribution in [3.8, 4) is 33.4 Å². The molecule has 2 saturated carbocycles. The summed E-state index contributed by atoms with van der Waals surface area (Å²) in [7, 11) is 0. The van der Waals surface area contributed by atoms with Gasteiger partial charge in [0.25, 0.3) is 0 Å². The van der Waals surface area contributed by atoms with Crippen LogP contribution in [0.15, 0.2) is 231 Å². The Morgan fingerprint density at radius 1 is 0.288 bits per heavy atom. The summed E-state index contributed by atoms with van der Waals surface area (Å²) in [5, 5.41) is 2.46. The SMILES string of the molecule is c1ccc(-c2cc3ccccc3cc2N(c2ccc(C3CCCCC3)cc2)c2ccc3c(c2)C2(c4ccccc4-c4ccc(N(c5ccccc5)c5ccc(C6CCCCC6)cc5)cc42)c2ccccc2-3)cc1. The molecule has 4 aliphatic carbocycles. The summed E-state index contributed by atoms with van der Waals surface area (Å²) < 4.78 is 0. The fraction of sp³-hybridized carbons (Fsp3) is 0.183.